The highest BCUT2D eigenvalue weighted by molar-refractivity contribution is 7.89. The molecule has 1 saturated heterocycles. The van der Waals surface area contributed by atoms with Crippen molar-refractivity contribution in [1.29, 1.82) is 0 Å². The van der Waals surface area contributed by atoms with Gasteiger partial charge < -0.3 is 9.88 Å². The fourth-order valence-corrected chi connectivity index (χ4v) is 5.05. The molecule has 1 N–H and O–H groups in total. The molecule has 0 atom stereocenters. The number of carbonyl (C=O) groups excluding carboxylic acids is 1. The summed E-state index contributed by atoms with van der Waals surface area (Å²) in [4.78, 5) is 28.6. The molecule has 7 nitrogen and oxygen atoms in total. The highest BCUT2D eigenvalue weighted by Crippen LogP contribution is 2.30. The van der Waals surface area contributed by atoms with Crippen molar-refractivity contribution in [3.05, 3.63) is 76.1 Å². The van der Waals surface area contributed by atoms with Gasteiger partial charge in [-0.1, -0.05) is 12.1 Å². The van der Waals surface area contributed by atoms with E-state index in [-0.39, 0.29) is 42.5 Å². The second kappa shape index (κ2) is 8.06. The van der Waals surface area contributed by atoms with E-state index in [9.17, 15) is 31.2 Å². The Hall–Kier alpha value is -3.18. The van der Waals surface area contributed by atoms with Gasteiger partial charge in [-0.3, -0.25) is 9.59 Å². The van der Waals surface area contributed by atoms with Crippen molar-refractivity contribution >= 4 is 26.8 Å². The molecule has 1 aromatic heterocycles. The Labute approximate surface area is 181 Å². The summed E-state index contributed by atoms with van der Waals surface area (Å²) in [6.45, 7) is 0.199. The molecule has 0 aliphatic carbocycles. The van der Waals surface area contributed by atoms with E-state index in [1.165, 1.54) is 11.0 Å². The standard InChI is InChI=1S/C21H18F3N3O4S/c22-21(23,24)15-5-7-16(8-6-15)32(30,31)27-12-10-26(11-13-27)20(29)17-3-1-2-14-4-9-18(28)25-19(14)17/h1-9H,10-13H2,(H,25,28). The lowest BCUT2D eigenvalue weighted by molar-refractivity contribution is -0.137. The molecule has 1 fully saturated rings. The van der Waals surface area contributed by atoms with Crippen LogP contribution in [0.2, 0.25) is 0 Å². The summed E-state index contributed by atoms with van der Waals surface area (Å²) in [7, 11) is -4.00. The molecule has 32 heavy (non-hydrogen) atoms. The second-order valence-electron chi connectivity index (χ2n) is 7.31. The van der Waals surface area contributed by atoms with Crippen LogP contribution in [0.4, 0.5) is 13.2 Å². The number of hydrogen-bond acceptors (Lipinski definition) is 4. The number of amides is 1. The first-order valence-corrected chi connectivity index (χ1v) is 11.1. The monoisotopic (exact) mass is 465 g/mol. The topological polar surface area (TPSA) is 90.6 Å². The van der Waals surface area contributed by atoms with Crippen molar-refractivity contribution in [2.75, 3.05) is 26.2 Å². The van der Waals surface area contributed by atoms with Crippen LogP contribution in [0.1, 0.15) is 15.9 Å². The van der Waals surface area contributed by atoms with E-state index < -0.39 is 21.8 Å². The normalized spacial score (nSPS) is 15.8. The molecule has 4 rings (SSSR count). The molecule has 11 heteroatoms. The lowest BCUT2D eigenvalue weighted by Gasteiger charge is -2.34. The van der Waals surface area contributed by atoms with Crippen molar-refractivity contribution in [3.63, 3.8) is 0 Å². The van der Waals surface area contributed by atoms with Crippen molar-refractivity contribution in [3.8, 4) is 0 Å². The van der Waals surface area contributed by atoms with Crippen molar-refractivity contribution in [1.82, 2.24) is 14.2 Å². The van der Waals surface area contributed by atoms with E-state index in [0.717, 1.165) is 28.6 Å². The zero-order valence-corrected chi connectivity index (χ0v) is 17.4. The molecule has 2 aromatic carbocycles. The molecule has 0 saturated carbocycles. The molecule has 1 aliphatic rings. The molecule has 0 radical (unpaired) electrons. The third-order valence-corrected chi connectivity index (χ3v) is 7.25. The first-order chi connectivity index (χ1) is 15.1. The fourth-order valence-electron chi connectivity index (χ4n) is 3.62. The molecule has 0 spiro atoms. The quantitative estimate of drug-likeness (QED) is 0.644. The molecule has 3 aromatic rings. The number of H-pyrrole nitrogens is 1. The Balaban J connectivity index is 1.50. The van der Waals surface area contributed by atoms with Crippen LogP contribution in [0.5, 0.6) is 0 Å². The minimum absolute atomic E-state index is 0.00359. The molecule has 0 bridgehead atoms. The summed E-state index contributed by atoms with van der Waals surface area (Å²) >= 11 is 0. The van der Waals surface area contributed by atoms with Gasteiger partial charge in [-0.2, -0.15) is 17.5 Å². The Morgan fingerprint density at radius 1 is 0.906 bits per heavy atom. The maximum Gasteiger partial charge on any atom is 0.416 e. The molecule has 2 heterocycles. The second-order valence-corrected chi connectivity index (χ2v) is 9.25. The van der Waals surface area contributed by atoms with Gasteiger partial charge in [-0.05, 0) is 41.8 Å². The molecule has 1 amide bonds. The molecule has 168 valence electrons. The SMILES string of the molecule is O=C(c1cccc2ccc(=O)[nH]c12)N1CCN(S(=O)(=O)c2ccc(C(F)(F)F)cc2)CC1. The zero-order valence-electron chi connectivity index (χ0n) is 16.6. The van der Waals surface area contributed by atoms with E-state index in [1.54, 1.807) is 24.3 Å². The van der Waals surface area contributed by atoms with Gasteiger partial charge in [0.1, 0.15) is 0 Å². The van der Waals surface area contributed by atoms with Gasteiger partial charge in [0.2, 0.25) is 15.6 Å². The number of rotatable bonds is 3. The number of alkyl halides is 3. The number of halogens is 3. The Morgan fingerprint density at radius 2 is 1.56 bits per heavy atom. The Morgan fingerprint density at radius 3 is 2.19 bits per heavy atom. The van der Waals surface area contributed by atoms with Gasteiger partial charge >= 0.3 is 6.18 Å². The van der Waals surface area contributed by atoms with Crippen LogP contribution >= 0.6 is 0 Å². The van der Waals surface area contributed by atoms with Gasteiger partial charge in [0.15, 0.2) is 0 Å². The number of aromatic amines is 1. The molecule has 1 aliphatic heterocycles. The summed E-state index contributed by atoms with van der Waals surface area (Å²) in [6, 6.07) is 11.3. The number of piperazine rings is 1. The molecular weight excluding hydrogens is 447 g/mol. The predicted octanol–water partition coefficient (Wildman–Crippen LogP) is 2.69. The molecule has 0 unspecified atom stereocenters. The van der Waals surface area contributed by atoms with Crippen LogP contribution in [0.15, 0.2) is 64.3 Å². The van der Waals surface area contributed by atoms with Crippen LogP contribution in [0.3, 0.4) is 0 Å². The fraction of sp³-hybridized carbons (Fsp3) is 0.238. The van der Waals surface area contributed by atoms with Crippen LogP contribution in [0, 0.1) is 0 Å². The number of para-hydroxylation sites is 1. The largest absolute Gasteiger partial charge is 0.416 e. The van der Waals surface area contributed by atoms with Crippen molar-refractivity contribution < 1.29 is 26.4 Å². The third-order valence-electron chi connectivity index (χ3n) is 5.33. The highest BCUT2D eigenvalue weighted by atomic mass is 32.2. The van der Waals surface area contributed by atoms with Crippen LogP contribution in [0.25, 0.3) is 10.9 Å². The first-order valence-electron chi connectivity index (χ1n) is 9.66. The minimum atomic E-state index is -4.56. The summed E-state index contributed by atoms with van der Waals surface area (Å²) in [5.41, 5.74) is -0.561. The smallest absolute Gasteiger partial charge is 0.336 e. The number of nitrogens with one attached hydrogen (secondary N) is 1. The molecular formula is C21H18F3N3O4S. The van der Waals surface area contributed by atoms with E-state index in [4.69, 9.17) is 0 Å². The summed E-state index contributed by atoms with van der Waals surface area (Å²) in [5, 5.41) is 0.693. The minimum Gasteiger partial charge on any atom is -0.336 e. The van der Waals surface area contributed by atoms with Gasteiger partial charge in [0.05, 0.1) is 21.5 Å². The lowest BCUT2D eigenvalue weighted by atomic mass is 10.1. The average molecular weight is 465 g/mol. The van der Waals surface area contributed by atoms with Gasteiger partial charge in [0, 0.05) is 32.2 Å². The number of fused-ring (bicyclic) bond motifs is 1. The Kier molecular flexibility index (Phi) is 5.55. The number of hydrogen-bond donors (Lipinski definition) is 1. The van der Waals surface area contributed by atoms with Crippen LogP contribution in [-0.2, 0) is 16.2 Å². The Bertz CT molecular complexity index is 1330. The third kappa shape index (κ3) is 4.13. The van der Waals surface area contributed by atoms with Crippen LogP contribution < -0.4 is 5.56 Å². The van der Waals surface area contributed by atoms with Gasteiger partial charge in [-0.25, -0.2) is 8.42 Å². The van der Waals surface area contributed by atoms with E-state index in [1.807, 2.05) is 0 Å². The van der Waals surface area contributed by atoms with Crippen molar-refractivity contribution in [2.24, 2.45) is 0 Å². The first kappa shape index (κ1) is 22.0. The van der Waals surface area contributed by atoms with Gasteiger partial charge in [0.25, 0.3) is 5.91 Å². The number of sulfonamides is 1. The van der Waals surface area contributed by atoms with Gasteiger partial charge in [-0.15, -0.1) is 0 Å². The average Bonchev–Trinajstić information content (AvgIpc) is 2.78. The van der Waals surface area contributed by atoms with E-state index in [2.05, 4.69) is 4.98 Å². The maximum atomic E-state index is 13.0. The number of nitrogens with zero attached hydrogens (tertiary/aromatic N) is 2. The predicted molar refractivity (Wildman–Crippen MR) is 111 cm³/mol. The summed E-state index contributed by atoms with van der Waals surface area (Å²) in [5.74, 6) is -0.343. The number of benzene rings is 2. The number of carbonyl (C=O) groups is 1. The zero-order chi connectivity index (χ0) is 23.1. The summed E-state index contributed by atoms with van der Waals surface area (Å²) < 4.78 is 65.0. The number of pyridine rings is 1. The highest BCUT2D eigenvalue weighted by Gasteiger charge is 2.33. The maximum absolute atomic E-state index is 13.0. The summed E-state index contributed by atoms with van der Waals surface area (Å²) in [6.07, 6.45) is -4.56. The lowest BCUT2D eigenvalue weighted by Crippen LogP contribution is -2.50. The van der Waals surface area contributed by atoms with Crippen LogP contribution in [-0.4, -0.2) is 54.7 Å². The van der Waals surface area contributed by atoms with E-state index in [0.29, 0.717) is 16.5 Å². The number of aromatic nitrogens is 1. The van der Waals surface area contributed by atoms with Crippen molar-refractivity contribution in [2.45, 2.75) is 11.1 Å². The van der Waals surface area contributed by atoms with E-state index >= 15 is 0 Å².